The average Bonchev–Trinajstić information content (AvgIpc) is 3.23. The minimum atomic E-state index is -1.33. The lowest BCUT2D eigenvalue weighted by molar-refractivity contribution is -0.161. The summed E-state index contributed by atoms with van der Waals surface area (Å²) in [4.78, 5) is 40.6. The molecule has 2 rings (SSSR count). The summed E-state index contributed by atoms with van der Waals surface area (Å²) >= 11 is 0. The first-order chi connectivity index (χ1) is 18.6. The van der Waals surface area contributed by atoms with Crippen molar-refractivity contribution in [3.8, 4) is 0 Å². The van der Waals surface area contributed by atoms with Gasteiger partial charge < -0.3 is 20.1 Å². The number of esters is 1. The largest absolute Gasteiger partial charge is 0.459 e. The molecule has 1 aromatic carbocycles. The summed E-state index contributed by atoms with van der Waals surface area (Å²) in [7, 11) is -1.33. The fourth-order valence-corrected chi connectivity index (χ4v) is 6.21. The highest BCUT2D eigenvalue weighted by atomic mass is 28.3. The second-order valence-corrected chi connectivity index (χ2v) is 19.1. The number of rotatable bonds is 13. The van der Waals surface area contributed by atoms with E-state index in [-0.39, 0.29) is 35.9 Å². The highest BCUT2D eigenvalue weighted by Crippen LogP contribution is 2.32. The van der Waals surface area contributed by atoms with Crippen molar-refractivity contribution in [2.24, 2.45) is 5.92 Å². The fraction of sp³-hybridized carbons (Fsp3) is 0.710. The first-order valence-corrected chi connectivity index (χ1v) is 18.5. The molecule has 8 nitrogen and oxygen atoms in total. The summed E-state index contributed by atoms with van der Waals surface area (Å²) in [6, 6.07) is 10.2. The summed E-state index contributed by atoms with van der Waals surface area (Å²) < 4.78 is 11.4. The minimum Gasteiger partial charge on any atom is -0.459 e. The van der Waals surface area contributed by atoms with Crippen LogP contribution in [0.3, 0.4) is 0 Å². The van der Waals surface area contributed by atoms with E-state index in [0.29, 0.717) is 26.0 Å². The SMILES string of the molecule is CCCC(C(C)NC(C)=O)C(Cc1ccccc1)N1CC(NC(=O)OCC[Si](C)(C)C)CC1C(=O)OC(C)(C)C. The predicted octanol–water partition coefficient (Wildman–Crippen LogP) is 5.39. The second kappa shape index (κ2) is 15.0. The van der Waals surface area contributed by atoms with Gasteiger partial charge in [-0.3, -0.25) is 14.5 Å². The van der Waals surface area contributed by atoms with Crippen LogP contribution in [0.2, 0.25) is 25.7 Å². The minimum absolute atomic E-state index is 0.0589. The molecule has 1 fully saturated rings. The lowest BCUT2D eigenvalue weighted by Gasteiger charge is -2.41. The van der Waals surface area contributed by atoms with Crippen molar-refractivity contribution < 1.29 is 23.9 Å². The molecule has 0 spiro atoms. The van der Waals surface area contributed by atoms with Crippen LogP contribution in [-0.2, 0) is 25.5 Å². The van der Waals surface area contributed by atoms with E-state index in [1.165, 1.54) is 0 Å². The molecular formula is C31H53N3O5Si. The number of ether oxygens (including phenoxy) is 2. The summed E-state index contributed by atoms with van der Waals surface area (Å²) in [6.45, 7) is 19.0. The van der Waals surface area contributed by atoms with Gasteiger partial charge in [0.2, 0.25) is 5.91 Å². The Hall–Kier alpha value is -2.39. The lowest BCUT2D eigenvalue weighted by Crippen LogP contribution is -2.54. The van der Waals surface area contributed by atoms with E-state index in [1.807, 2.05) is 45.9 Å². The molecule has 5 atom stereocenters. The number of benzene rings is 1. The van der Waals surface area contributed by atoms with Crippen LogP contribution in [0.25, 0.3) is 0 Å². The number of nitrogens with zero attached hydrogens (tertiary/aromatic N) is 1. The van der Waals surface area contributed by atoms with Gasteiger partial charge in [0.25, 0.3) is 0 Å². The third kappa shape index (κ3) is 11.6. The van der Waals surface area contributed by atoms with Crippen LogP contribution in [0, 0.1) is 5.92 Å². The first kappa shape index (κ1) is 33.8. The fourth-order valence-electron chi connectivity index (χ4n) is 5.50. The molecule has 1 aliphatic rings. The summed E-state index contributed by atoms with van der Waals surface area (Å²) in [6.07, 6.45) is 2.53. The number of hydrogen-bond donors (Lipinski definition) is 2. The Morgan fingerprint density at radius 1 is 1.12 bits per heavy atom. The number of carbonyl (C=O) groups is 3. The Labute approximate surface area is 243 Å². The summed E-state index contributed by atoms with van der Waals surface area (Å²) in [5, 5.41) is 6.14. The van der Waals surface area contributed by atoms with Gasteiger partial charge in [0.15, 0.2) is 0 Å². The van der Waals surface area contributed by atoms with Gasteiger partial charge in [-0.25, -0.2) is 4.79 Å². The number of nitrogens with one attached hydrogen (secondary N) is 2. The van der Waals surface area contributed by atoms with Crippen LogP contribution in [0.4, 0.5) is 4.79 Å². The van der Waals surface area contributed by atoms with Crippen molar-refractivity contribution in [2.75, 3.05) is 13.2 Å². The van der Waals surface area contributed by atoms with Crippen LogP contribution in [-0.4, -0.2) is 73.9 Å². The van der Waals surface area contributed by atoms with Crippen molar-refractivity contribution in [3.05, 3.63) is 35.9 Å². The lowest BCUT2D eigenvalue weighted by atomic mass is 9.83. The number of likely N-dealkylation sites (tertiary alicyclic amines) is 1. The zero-order valence-electron chi connectivity index (χ0n) is 26.2. The third-order valence-corrected chi connectivity index (χ3v) is 9.03. The Kier molecular flexibility index (Phi) is 12.7. The Balaban J connectivity index is 2.39. The van der Waals surface area contributed by atoms with Crippen LogP contribution in [0.5, 0.6) is 0 Å². The maximum Gasteiger partial charge on any atom is 0.407 e. The molecule has 1 aromatic rings. The van der Waals surface area contributed by atoms with Crippen LogP contribution >= 0.6 is 0 Å². The van der Waals surface area contributed by atoms with Gasteiger partial charge in [0.1, 0.15) is 11.6 Å². The zero-order chi connectivity index (χ0) is 30.1. The summed E-state index contributed by atoms with van der Waals surface area (Å²) in [5.41, 5.74) is 0.527. The topological polar surface area (TPSA) is 97.0 Å². The first-order valence-electron chi connectivity index (χ1n) is 14.8. The molecular weight excluding hydrogens is 522 g/mol. The number of hydrogen-bond acceptors (Lipinski definition) is 6. The van der Waals surface area contributed by atoms with Gasteiger partial charge in [0.05, 0.1) is 6.61 Å². The Bertz CT molecular complexity index is 960. The van der Waals surface area contributed by atoms with Gasteiger partial charge in [-0.05, 0) is 64.5 Å². The van der Waals surface area contributed by atoms with Gasteiger partial charge in [-0.15, -0.1) is 0 Å². The molecule has 40 heavy (non-hydrogen) atoms. The number of amides is 2. The second-order valence-electron chi connectivity index (χ2n) is 13.5. The van der Waals surface area contributed by atoms with Crippen LogP contribution in [0.15, 0.2) is 30.3 Å². The highest BCUT2D eigenvalue weighted by molar-refractivity contribution is 6.76. The van der Waals surface area contributed by atoms with Crippen LogP contribution < -0.4 is 10.6 Å². The van der Waals surface area contributed by atoms with E-state index in [0.717, 1.165) is 24.4 Å². The van der Waals surface area contributed by atoms with Crippen LogP contribution in [0.1, 0.15) is 66.4 Å². The molecule has 9 heteroatoms. The normalized spacial score (nSPS) is 20.3. The molecule has 0 aromatic heterocycles. The molecule has 1 heterocycles. The Morgan fingerprint density at radius 3 is 2.33 bits per heavy atom. The van der Waals surface area contributed by atoms with E-state index in [2.05, 4.69) is 54.2 Å². The quantitative estimate of drug-likeness (QED) is 0.242. The molecule has 0 bridgehead atoms. The highest BCUT2D eigenvalue weighted by Gasteiger charge is 2.45. The average molecular weight is 576 g/mol. The third-order valence-electron chi connectivity index (χ3n) is 7.33. The molecule has 0 saturated carbocycles. The van der Waals surface area contributed by atoms with Gasteiger partial charge in [-0.1, -0.05) is 63.3 Å². The van der Waals surface area contributed by atoms with Crippen molar-refractivity contribution in [1.29, 1.82) is 0 Å². The van der Waals surface area contributed by atoms with Crippen molar-refractivity contribution in [3.63, 3.8) is 0 Å². The van der Waals surface area contributed by atoms with E-state index in [9.17, 15) is 14.4 Å². The van der Waals surface area contributed by atoms with E-state index < -0.39 is 25.8 Å². The van der Waals surface area contributed by atoms with Crippen molar-refractivity contribution in [2.45, 2.75) is 123 Å². The molecule has 0 radical (unpaired) electrons. The van der Waals surface area contributed by atoms with Crippen molar-refractivity contribution >= 4 is 26.0 Å². The number of alkyl carbamates (subject to hydrolysis) is 1. The van der Waals surface area contributed by atoms with E-state index >= 15 is 0 Å². The molecule has 2 N–H and O–H groups in total. The molecule has 2 amide bonds. The standard InChI is InChI=1S/C31H53N3O5Si/c1-10-14-26(22(2)32-23(3)35)27(19-24-15-12-11-13-16-24)34-21-25(20-28(34)29(36)39-31(4,5)6)33-30(37)38-17-18-40(7,8)9/h11-13,15-16,22,25-28H,10,14,17-21H2,1-9H3,(H,32,35)(H,33,37). The van der Waals surface area contributed by atoms with E-state index in [4.69, 9.17) is 9.47 Å². The molecule has 5 unspecified atom stereocenters. The predicted molar refractivity (Wildman–Crippen MR) is 163 cm³/mol. The molecule has 0 aliphatic carbocycles. The van der Waals surface area contributed by atoms with E-state index in [1.54, 1.807) is 6.92 Å². The van der Waals surface area contributed by atoms with Gasteiger partial charge in [0, 0.05) is 39.7 Å². The maximum absolute atomic E-state index is 13.6. The monoisotopic (exact) mass is 575 g/mol. The number of carbonyl (C=O) groups excluding carboxylic acids is 3. The molecule has 1 aliphatic heterocycles. The smallest absolute Gasteiger partial charge is 0.407 e. The molecule has 1 saturated heterocycles. The Morgan fingerprint density at radius 2 is 1.77 bits per heavy atom. The summed E-state index contributed by atoms with van der Waals surface area (Å²) in [5.74, 6) is -0.274. The van der Waals surface area contributed by atoms with Gasteiger partial charge >= 0.3 is 12.1 Å². The zero-order valence-corrected chi connectivity index (χ0v) is 27.2. The molecule has 226 valence electrons. The van der Waals surface area contributed by atoms with Crippen molar-refractivity contribution in [1.82, 2.24) is 15.5 Å². The maximum atomic E-state index is 13.6. The van der Waals surface area contributed by atoms with Gasteiger partial charge in [-0.2, -0.15) is 0 Å².